The summed E-state index contributed by atoms with van der Waals surface area (Å²) in [6.07, 6.45) is 3.94. The van der Waals surface area contributed by atoms with E-state index in [1.165, 1.54) is 24.8 Å². The first-order chi connectivity index (χ1) is 10.8. The summed E-state index contributed by atoms with van der Waals surface area (Å²) >= 11 is 1.90. The highest BCUT2D eigenvalue weighted by molar-refractivity contribution is 14.0. The molecule has 1 atom stereocenters. The number of thiophene rings is 1. The fourth-order valence-electron chi connectivity index (χ4n) is 2.89. The summed E-state index contributed by atoms with van der Waals surface area (Å²) in [6, 6.07) is 2.77. The molecule has 0 aromatic carbocycles. The van der Waals surface area contributed by atoms with Gasteiger partial charge in [-0.25, -0.2) is 0 Å². The quantitative estimate of drug-likeness (QED) is 0.399. The minimum atomic E-state index is 0. The van der Waals surface area contributed by atoms with Gasteiger partial charge < -0.3 is 10.6 Å². The summed E-state index contributed by atoms with van der Waals surface area (Å²) < 4.78 is 0. The third-order valence-electron chi connectivity index (χ3n) is 4.57. The van der Waals surface area contributed by atoms with Crippen LogP contribution < -0.4 is 10.6 Å². The number of guanidine groups is 1. The van der Waals surface area contributed by atoms with Crippen molar-refractivity contribution in [3.8, 4) is 0 Å². The molecule has 2 N–H and O–H groups in total. The Balaban J connectivity index is 0.00000192. The highest BCUT2D eigenvalue weighted by atomic mass is 127. The fraction of sp³-hybridized carbons (Fsp3) is 0.706. The first-order valence-corrected chi connectivity index (χ1v) is 9.45. The van der Waals surface area contributed by atoms with E-state index in [0.29, 0.717) is 6.04 Å². The topological polar surface area (TPSA) is 39.7 Å². The molecule has 1 aromatic heterocycles. The van der Waals surface area contributed by atoms with E-state index in [9.17, 15) is 0 Å². The molecule has 0 radical (unpaired) electrons. The van der Waals surface area contributed by atoms with Crippen LogP contribution in [-0.4, -0.2) is 43.1 Å². The third kappa shape index (κ3) is 5.60. The summed E-state index contributed by atoms with van der Waals surface area (Å²) in [7, 11) is 0. The van der Waals surface area contributed by atoms with Crippen LogP contribution in [0.4, 0.5) is 0 Å². The SMILES string of the molecule is CCNC(=NCC(C)N1CCc2sccc2C1)NCC1CC1.I. The van der Waals surface area contributed by atoms with Crippen LogP contribution in [0.5, 0.6) is 0 Å². The fourth-order valence-corrected chi connectivity index (χ4v) is 3.78. The standard InChI is InChI=1S/C17H28N4S.HI/c1-3-18-17(20-11-14-4-5-14)19-10-13(2)21-8-6-16-15(12-21)7-9-22-16;/h7,9,13-14H,3-6,8,10-12H2,1-2H3,(H2,18,19,20);1H. The van der Waals surface area contributed by atoms with Crippen LogP contribution in [0.25, 0.3) is 0 Å². The number of aliphatic imine (C=N–C) groups is 1. The summed E-state index contributed by atoms with van der Waals surface area (Å²) in [5.41, 5.74) is 1.52. The van der Waals surface area contributed by atoms with E-state index in [1.54, 1.807) is 4.88 Å². The number of hydrogen-bond acceptors (Lipinski definition) is 3. The Morgan fingerprint density at radius 3 is 3.00 bits per heavy atom. The zero-order chi connectivity index (χ0) is 15.4. The monoisotopic (exact) mass is 448 g/mol. The van der Waals surface area contributed by atoms with Crippen LogP contribution in [0, 0.1) is 5.92 Å². The molecule has 0 bridgehead atoms. The summed E-state index contributed by atoms with van der Waals surface area (Å²) in [4.78, 5) is 8.92. The van der Waals surface area contributed by atoms with Gasteiger partial charge in [0.25, 0.3) is 0 Å². The van der Waals surface area contributed by atoms with Gasteiger partial charge in [0.15, 0.2) is 5.96 Å². The summed E-state index contributed by atoms with van der Waals surface area (Å²) in [5, 5.41) is 9.06. The molecule has 0 spiro atoms. The van der Waals surface area contributed by atoms with Gasteiger partial charge in [-0.05, 0) is 56.0 Å². The van der Waals surface area contributed by atoms with E-state index < -0.39 is 0 Å². The maximum atomic E-state index is 4.79. The lowest BCUT2D eigenvalue weighted by molar-refractivity contribution is 0.197. The number of halogens is 1. The maximum Gasteiger partial charge on any atom is 0.191 e. The second-order valence-electron chi connectivity index (χ2n) is 6.48. The van der Waals surface area contributed by atoms with Crippen molar-refractivity contribution in [3.63, 3.8) is 0 Å². The van der Waals surface area contributed by atoms with Gasteiger partial charge in [0, 0.05) is 37.1 Å². The Morgan fingerprint density at radius 1 is 1.43 bits per heavy atom. The van der Waals surface area contributed by atoms with Crippen LogP contribution in [0.3, 0.4) is 0 Å². The van der Waals surface area contributed by atoms with Crippen molar-refractivity contribution in [2.75, 3.05) is 26.2 Å². The molecule has 1 fully saturated rings. The smallest absolute Gasteiger partial charge is 0.191 e. The normalized spacial score (nSPS) is 19.7. The molecular formula is C17H29IN4S. The summed E-state index contributed by atoms with van der Waals surface area (Å²) in [6.45, 7) is 9.53. The highest BCUT2D eigenvalue weighted by Crippen LogP contribution is 2.27. The Hall–Kier alpha value is -0.340. The van der Waals surface area contributed by atoms with Gasteiger partial charge in [-0.3, -0.25) is 9.89 Å². The molecule has 1 unspecified atom stereocenters. The zero-order valence-corrected chi connectivity index (χ0v) is 17.3. The predicted molar refractivity (Wildman–Crippen MR) is 110 cm³/mol. The third-order valence-corrected chi connectivity index (χ3v) is 5.60. The molecule has 1 aromatic rings. The lowest BCUT2D eigenvalue weighted by Gasteiger charge is -2.31. The predicted octanol–water partition coefficient (Wildman–Crippen LogP) is 3.08. The molecule has 0 saturated heterocycles. The molecule has 2 aliphatic rings. The van der Waals surface area contributed by atoms with Crippen LogP contribution in [-0.2, 0) is 13.0 Å². The Bertz CT molecular complexity index is 512. The minimum absolute atomic E-state index is 0. The average molecular weight is 448 g/mol. The number of rotatable bonds is 6. The Labute approximate surface area is 161 Å². The molecule has 2 heterocycles. The second kappa shape index (κ2) is 9.22. The van der Waals surface area contributed by atoms with Crippen LogP contribution in [0.1, 0.15) is 37.1 Å². The molecule has 1 aliphatic heterocycles. The molecule has 3 rings (SSSR count). The van der Waals surface area contributed by atoms with Crippen molar-refractivity contribution in [2.24, 2.45) is 10.9 Å². The van der Waals surface area contributed by atoms with Crippen molar-refractivity contribution < 1.29 is 0 Å². The molecule has 4 nitrogen and oxygen atoms in total. The largest absolute Gasteiger partial charge is 0.357 e. The Morgan fingerprint density at radius 2 is 2.26 bits per heavy atom. The van der Waals surface area contributed by atoms with Gasteiger partial charge in [-0.15, -0.1) is 35.3 Å². The van der Waals surface area contributed by atoms with Gasteiger partial charge in [0.1, 0.15) is 0 Å². The van der Waals surface area contributed by atoms with E-state index in [-0.39, 0.29) is 24.0 Å². The minimum Gasteiger partial charge on any atom is -0.357 e. The van der Waals surface area contributed by atoms with Gasteiger partial charge >= 0.3 is 0 Å². The average Bonchev–Trinajstić information content (AvgIpc) is 3.24. The van der Waals surface area contributed by atoms with Crippen LogP contribution in [0.15, 0.2) is 16.4 Å². The van der Waals surface area contributed by atoms with Crippen molar-refractivity contribution in [1.29, 1.82) is 0 Å². The zero-order valence-electron chi connectivity index (χ0n) is 14.2. The van der Waals surface area contributed by atoms with Gasteiger partial charge in [0.05, 0.1) is 6.54 Å². The lowest BCUT2D eigenvalue weighted by Crippen LogP contribution is -2.41. The van der Waals surface area contributed by atoms with Gasteiger partial charge in [-0.2, -0.15) is 0 Å². The lowest BCUT2D eigenvalue weighted by atomic mass is 10.1. The second-order valence-corrected chi connectivity index (χ2v) is 7.48. The van der Waals surface area contributed by atoms with Gasteiger partial charge in [0.2, 0.25) is 0 Å². The number of nitrogens with one attached hydrogen (secondary N) is 2. The number of fused-ring (bicyclic) bond motifs is 1. The number of hydrogen-bond donors (Lipinski definition) is 2. The molecule has 23 heavy (non-hydrogen) atoms. The van der Waals surface area contributed by atoms with E-state index in [0.717, 1.165) is 44.6 Å². The van der Waals surface area contributed by atoms with E-state index in [4.69, 9.17) is 4.99 Å². The van der Waals surface area contributed by atoms with Gasteiger partial charge in [-0.1, -0.05) is 0 Å². The van der Waals surface area contributed by atoms with E-state index in [2.05, 4.69) is 40.8 Å². The van der Waals surface area contributed by atoms with Crippen molar-refractivity contribution in [2.45, 2.75) is 45.7 Å². The van der Waals surface area contributed by atoms with Crippen molar-refractivity contribution in [1.82, 2.24) is 15.5 Å². The number of nitrogens with zero attached hydrogens (tertiary/aromatic N) is 2. The van der Waals surface area contributed by atoms with Crippen LogP contribution >= 0.6 is 35.3 Å². The highest BCUT2D eigenvalue weighted by Gasteiger charge is 2.22. The van der Waals surface area contributed by atoms with Crippen molar-refractivity contribution in [3.05, 3.63) is 21.9 Å². The van der Waals surface area contributed by atoms with Crippen molar-refractivity contribution >= 4 is 41.3 Å². The molecule has 130 valence electrons. The molecule has 1 aliphatic carbocycles. The summed E-state index contributed by atoms with van der Waals surface area (Å²) in [5.74, 6) is 1.86. The first kappa shape index (κ1) is 19.0. The molecule has 0 amide bonds. The van der Waals surface area contributed by atoms with E-state index in [1.807, 2.05) is 11.3 Å². The van der Waals surface area contributed by atoms with E-state index >= 15 is 0 Å². The molecule has 6 heteroatoms. The molecule has 1 saturated carbocycles. The first-order valence-electron chi connectivity index (χ1n) is 8.57. The Kier molecular flexibility index (Phi) is 7.62. The molecular weight excluding hydrogens is 419 g/mol. The maximum absolute atomic E-state index is 4.79. The van der Waals surface area contributed by atoms with Crippen LogP contribution in [0.2, 0.25) is 0 Å².